The van der Waals surface area contributed by atoms with Gasteiger partial charge in [0.1, 0.15) is 22.9 Å². The summed E-state index contributed by atoms with van der Waals surface area (Å²) in [5, 5.41) is 19.3. The first kappa shape index (κ1) is 22.5. The molecule has 0 aliphatic carbocycles. The van der Waals surface area contributed by atoms with Gasteiger partial charge in [0, 0.05) is 25.8 Å². The fourth-order valence-electron chi connectivity index (χ4n) is 2.51. The lowest BCUT2D eigenvalue weighted by Crippen LogP contribution is -2.40. The van der Waals surface area contributed by atoms with Gasteiger partial charge >= 0.3 is 6.18 Å². The predicted octanol–water partition coefficient (Wildman–Crippen LogP) is 2.88. The minimum Gasteiger partial charge on any atom is -0.463 e. The van der Waals surface area contributed by atoms with E-state index >= 15 is 0 Å². The summed E-state index contributed by atoms with van der Waals surface area (Å²) in [4.78, 5) is 8.09. The normalized spacial score (nSPS) is 14.4. The number of aromatic nitrogens is 1. The molecule has 0 saturated carbocycles. The number of rotatable bonds is 8. The van der Waals surface area contributed by atoms with Crippen LogP contribution in [0.15, 0.2) is 39.9 Å². The molecule has 2 rings (SSSR count). The summed E-state index contributed by atoms with van der Waals surface area (Å²) in [5.74, 6) is 1.30. The second kappa shape index (κ2) is 9.64. The van der Waals surface area contributed by atoms with Crippen LogP contribution in [-0.4, -0.2) is 42.2 Å². The maximum absolute atomic E-state index is 13.0. The molecule has 0 aromatic carbocycles. The Kier molecular flexibility index (Phi) is 7.49. The van der Waals surface area contributed by atoms with Crippen molar-refractivity contribution in [2.24, 2.45) is 4.99 Å². The minimum absolute atomic E-state index is 0.0428. The standard InChI is InChI=1S/C19H26F3N5O2/c1-4-23-17(27-12-18(3,28)15-8-7-13(2)29-15)26-11-10-25-16-14(19(20,21)22)6-5-9-24-16/h5-9,28H,4,10-12H2,1-3H3,(H,24,25)(H2,23,26,27). The van der Waals surface area contributed by atoms with Crippen molar-refractivity contribution >= 4 is 11.8 Å². The highest BCUT2D eigenvalue weighted by Gasteiger charge is 2.34. The lowest BCUT2D eigenvalue weighted by Gasteiger charge is -2.20. The third-order valence-electron chi connectivity index (χ3n) is 3.98. The summed E-state index contributed by atoms with van der Waals surface area (Å²) in [6.45, 7) is 6.38. The molecule has 10 heteroatoms. The summed E-state index contributed by atoms with van der Waals surface area (Å²) < 4.78 is 44.4. The van der Waals surface area contributed by atoms with Gasteiger partial charge in [-0.15, -0.1) is 0 Å². The Morgan fingerprint density at radius 1 is 1.21 bits per heavy atom. The number of aryl methyl sites for hydroxylation is 1. The second-order valence-electron chi connectivity index (χ2n) is 6.63. The van der Waals surface area contributed by atoms with E-state index in [4.69, 9.17) is 4.42 Å². The Morgan fingerprint density at radius 2 is 1.97 bits per heavy atom. The summed E-state index contributed by atoms with van der Waals surface area (Å²) in [5.41, 5.74) is -2.10. The van der Waals surface area contributed by atoms with Crippen LogP contribution in [0.4, 0.5) is 19.0 Å². The van der Waals surface area contributed by atoms with Crippen LogP contribution < -0.4 is 16.0 Å². The van der Waals surface area contributed by atoms with Gasteiger partial charge in [-0.1, -0.05) is 0 Å². The minimum atomic E-state index is -4.48. The van der Waals surface area contributed by atoms with Crippen LogP contribution in [0.3, 0.4) is 0 Å². The largest absolute Gasteiger partial charge is 0.463 e. The number of pyridine rings is 1. The highest BCUT2D eigenvalue weighted by Crippen LogP contribution is 2.33. The van der Waals surface area contributed by atoms with Crippen LogP contribution in [0.25, 0.3) is 0 Å². The number of aliphatic hydroxyl groups is 1. The number of halogens is 3. The van der Waals surface area contributed by atoms with Crippen LogP contribution >= 0.6 is 0 Å². The molecule has 1 unspecified atom stereocenters. The van der Waals surface area contributed by atoms with E-state index in [9.17, 15) is 18.3 Å². The zero-order chi connectivity index (χ0) is 21.5. The molecule has 160 valence electrons. The number of anilines is 1. The summed E-state index contributed by atoms with van der Waals surface area (Å²) in [6, 6.07) is 5.68. The molecule has 29 heavy (non-hydrogen) atoms. The molecule has 0 aliphatic rings. The van der Waals surface area contributed by atoms with Crippen molar-refractivity contribution in [2.45, 2.75) is 32.5 Å². The average Bonchev–Trinajstić information content (AvgIpc) is 3.10. The average molecular weight is 413 g/mol. The Bertz CT molecular complexity index is 818. The zero-order valence-corrected chi connectivity index (χ0v) is 16.6. The Morgan fingerprint density at radius 3 is 2.59 bits per heavy atom. The molecule has 0 fully saturated rings. The zero-order valence-electron chi connectivity index (χ0n) is 16.6. The molecular weight excluding hydrogens is 387 g/mol. The van der Waals surface area contributed by atoms with E-state index in [1.54, 1.807) is 26.0 Å². The molecule has 4 N–H and O–H groups in total. The topological polar surface area (TPSA) is 94.7 Å². The van der Waals surface area contributed by atoms with Gasteiger partial charge in [0.15, 0.2) is 5.96 Å². The van der Waals surface area contributed by atoms with Gasteiger partial charge in [-0.2, -0.15) is 13.2 Å². The Labute approximate surface area is 167 Å². The van der Waals surface area contributed by atoms with Gasteiger partial charge in [-0.05, 0) is 45.0 Å². The van der Waals surface area contributed by atoms with E-state index < -0.39 is 17.3 Å². The van der Waals surface area contributed by atoms with Crippen molar-refractivity contribution in [3.8, 4) is 0 Å². The molecular formula is C19H26F3N5O2. The van der Waals surface area contributed by atoms with Crippen LogP contribution in [0.1, 0.15) is 30.9 Å². The molecule has 0 amide bonds. The fourth-order valence-corrected chi connectivity index (χ4v) is 2.51. The number of alkyl halides is 3. The van der Waals surface area contributed by atoms with Crippen molar-refractivity contribution in [2.75, 3.05) is 31.5 Å². The third-order valence-corrected chi connectivity index (χ3v) is 3.98. The SMILES string of the molecule is CCNC(=NCC(C)(O)c1ccc(C)o1)NCCNc1ncccc1C(F)(F)F. The number of guanidine groups is 1. The van der Waals surface area contributed by atoms with Crippen LogP contribution in [-0.2, 0) is 11.8 Å². The molecule has 0 saturated heterocycles. The maximum Gasteiger partial charge on any atom is 0.419 e. The molecule has 0 aliphatic heterocycles. The van der Waals surface area contributed by atoms with E-state index in [2.05, 4.69) is 25.9 Å². The Hall–Kier alpha value is -2.75. The molecule has 0 spiro atoms. The highest BCUT2D eigenvalue weighted by molar-refractivity contribution is 5.79. The lowest BCUT2D eigenvalue weighted by atomic mass is 10.0. The Balaban J connectivity index is 1.92. The first-order valence-electron chi connectivity index (χ1n) is 9.21. The number of nitrogens with one attached hydrogen (secondary N) is 3. The third kappa shape index (κ3) is 6.67. The summed E-state index contributed by atoms with van der Waals surface area (Å²) in [6.07, 6.45) is -3.18. The van der Waals surface area contributed by atoms with Crippen molar-refractivity contribution in [3.63, 3.8) is 0 Å². The second-order valence-corrected chi connectivity index (χ2v) is 6.63. The van der Waals surface area contributed by atoms with Gasteiger partial charge in [-0.3, -0.25) is 0 Å². The number of nitrogens with zero attached hydrogens (tertiary/aromatic N) is 2. The monoisotopic (exact) mass is 413 g/mol. The van der Waals surface area contributed by atoms with Gasteiger partial charge in [-0.25, -0.2) is 9.98 Å². The van der Waals surface area contributed by atoms with Crippen molar-refractivity contribution < 1.29 is 22.7 Å². The lowest BCUT2D eigenvalue weighted by molar-refractivity contribution is -0.137. The van der Waals surface area contributed by atoms with Gasteiger partial charge < -0.3 is 25.5 Å². The van der Waals surface area contributed by atoms with E-state index in [0.717, 1.165) is 6.07 Å². The maximum atomic E-state index is 13.0. The summed E-state index contributed by atoms with van der Waals surface area (Å²) >= 11 is 0. The predicted molar refractivity (Wildman–Crippen MR) is 105 cm³/mol. The highest BCUT2D eigenvalue weighted by atomic mass is 19.4. The smallest absolute Gasteiger partial charge is 0.419 e. The van der Waals surface area contributed by atoms with E-state index in [1.807, 2.05) is 6.92 Å². The molecule has 0 bridgehead atoms. The number of hydrogen-bond acceptors (Lipinski definition) is 5. The first-order chi connectivity index (χ1) is 13.6. The van der Waals surface area contributed by atoms with Crippen LogP contribution in [0.5, 0.6) is 0 Å². The van der Waals surface area contributed by atoms with Crippen molar-refractivity contribution in [1.82, 2.24) is 15.6 Å². The van der Waals surface area contributed by atoms with Crippen molar-refractivity contribution in [3.05, 3.63) is 47.5 Å². The number of hydrogen-bond donors (Lipinski definition) is 4. The first-order valence-corrected chi connectivity index (χ1v) is 9.21. The molecule has 2 heterocycles. The van der Waals surface area contributed by atoms with E-state index in [0.29, 0.717) is 30.6 Å². The summed E-state index contributed by atoms with van der Waals surface area (Å²) in [7, 11) is 0. The van der Waals surface area contributed by atoms with Gasteiger partial charge in [0.25, 0.3) is 0 Å². The molecule has 0 radical (unpaired) electrons. The number of furan rings is 1. The van der Waals surface area contributed by atoms with E-state index in [1.165, 1.54) is 12.3 Å². The quantitative estimate of drug-likeness (QED) is 0.302. The molecule has 2 aromatic rings. The molecule has 2 aromatic heterocycles. The van der Waals surface area contributed by atoms with Crippen LogP contribution in [0.2, 0.25) is 0 Å². The van der Waals surface area contributed by atoms with Gasteiger partial charge in [0.05, 0.1) is 12.1 Å². The molecule has 1 atom stereocenters. The van der Waals surface area contributed by atoms with E-state index in [-0.39, 0.29) is 18.9 Å². The van der Waals surface area contributed by atoms with Gasteiger partial charge in [0.2, 0.25) is 0 Å². The van der Waals surface area contributed by atoms with Crippen LogP contribution in [0, 0.1) is 6.92 Å². The molecule has 7 nitrogen and oxygen atoms in total. The fraction of sp³-hybridized carbons (Fsp3) is 0.474. The van der Waals surface area contributed by atoms with Crippen molar-refractivity contribution in [1.29, 1.82) is 0 Å². The number of aliphatic imine (C=N–C) groups is 1.